The molecule has 194 valence electrons. The van der Waals surface area contributed by atoms with Gasteiger partial charge in [-0.15, -0.1) is 0 Å². The van der Waals surface area contributed by atoms with Crippen LogP contribution >= 0.6 is 12.2 Å². The van der Waals surface area contributed by atoms with Crippen molar-refractivity contribution in [2.45, 2.75) is 39.8 Å². The highest BCUT2D eigenvalue weighted by Crippen LogP contribution is 2.45. The number of carbonyl (C=O) groups excluding carboxylic acids is 1. The zero-order valence-corrected chi connectivity index (χ0v) is 23.0. The van der Waals surface area contributed by atoms with Crippen molar-refractivity contribution < 1.29 is 9.53 Å². The zero-order valence-electron chi connectivity index (χ0n) is 22.1. The Kier molecular flexibility index (Phi) is 6.91. The van der Waals surface area contributed by atoms with Crippen molar-refractivity contribution in [2.75, 3.05) is 17.3 Å². The maximum absolute atomic E-state index is 11.9. The van der Waals surface area contributed by atoms with E-state index < -0.39 is 0 Å². The fourth-order valence-corrected chi connectivity index (χ4v) is 5.68. The van der Waals surface area contributed by atoms with Gasteiger partial charge in [-0.25, -0.2) is 0 Å². The van der Waals surface area contributed by atoms with Crippen LogP contribution in [0.15, 0.2) is 72.9 Å². The molecule has 2 N–H and O–H groups in total. The quantitative estimate of drug-likeness (QED) is 0.304. The second-order valence-corrected chi connectivity index (χ2v) is 9.95. The summed E-state index contributed by atoms with van der Waals surface area (Å²) in [4.78, 5) is 18.7. The molecule has 4 aromatic rings. The van der Waals surface area contributed by atoms with Gasteiger partial charge in [-0.2, -0.15) is 0 Å². The lowest BCUT2D eigenvalue weighted by Gasteiger charge is -2.29. The molecule has 1 amide bonds. The van der Waals surface area contributed by atoms with Gasteiger partial charge in [0.25, 0.3) is 0 Å². The molecule has 2 aromatic heterocycles. The van der Waals surface area contributed by atoms with Crippen molar-refractivity contribution in [1.29, 1.82) is 0 Å². The molecule has 2 aromatic carbocycles. The third kappa shape index (κ3) is 4.63. The minimum atomic E-state index is -0.180. The predicted molar refractivity (Wildman–Crippen MR) is 155 cm³/mol. The Morgan fingerprint density at radius 2 is 1.84 bits per heavy atom. The van der Waals surface area contributed by atoms with Gasteiger partial charge in [0.05, 0.1) is 30.6 Å². The van der Waals surface area contributed by atoms with E-state index >= 15 is 0 Å². The lowest BCUT2D eigenvalue weighted by atomic mass is 9.96. The maximum atomic E-state index is 11.9. The maximum Gasteiger partial charge on any atom is 0.221 e. The number of carbonyl (C=O) groups is 1. The summed E-state index contributed by atoms with van der Waals surface area (Å²) < 4.78 is 7.78. The minimum Gasteiger partial charge on any atom is -0.495 e. The lowest BCUT2D eigenvalue weighted by molar-refractivity contribution is -0.114. The number of aryl methyl sites for hydroxylation is 2. The van der Waals surface area contributed by atoms with Crippen molar-refractivity contribution in [3.63, 3.8) is 0 Å². The topological polar surface area (TPSA) is 71.4 Å². The van der Waals surface area contributed by atoms with Gasteiger partial charge in [-0.3, -0.25) is 9.78 Å². The molecule has 0 radical (unpaired) electrons. The van der Waals surface area contributed by atoms with Crippen LogP contribution in [-0.2, 0) is 4.79 Å². The highest BCUT2D eigenvalue weighted by molar-refractivity contribution is 7.80. The molecule has 2 atom stereocenters. The van der Waals surface area contributed by atoms with E-state index in [0.717, 1.165) is 34.0 Å². The van der Waals surface area contributed by atoms with Crippen LogP contribution in [0.4, 0.5) is 11.4 Å². The monoisotopic (exact) mass is 525 g/mol. The number of anilines is 2. The first-order valence-electron chi connectivity index (χ1n) is 12.5. The number of nitrogens with one attached hydrogen (secondary N) is 2. The molecular weight excluding hydrogens is 494 g/mol. The molecule has 3 heterocycles. The van der Waals surface area contributed by atoms with E-state index in [-0.39, 0.29) is 18.0 Å². The van der Waals surface area contributed by atoms with Crippen LogP contribution in [0.2, 0.25) is 0 Å². The summed E-state index contributed by atoms with van der Waals surface area (Å²) in [7, 11) is 1.59. The Hall–Kier alpha value is -4.17. The van der Waals surface area contributed by atoms with Gasteiger partial charge in [0.15, 0.2) is 5.11 Å². The van der Waals surface area contributed by atoms with Gasteiger partial charge in [0.1, 0.15) is 5.75 Å². The Labute approximate surface area is 228 Å². The van der Waals surface area contributed by atoms with Crippen molar-refractivity contribution in [1.82, 2.24) is 14.9 Å². The number of aromatic nitrogens is 2. The van der Waals surface area contributed by atoms with Gasteiger partial charge >= 0.3 is 0 Å². The molecule has 7 nitrogen and oxygen atoms in total. The van der Waals surface area contributed by atoms with E-state index in [9.17, 15) is 4.79 Å². The molecule has 1 aliphatic heterocycles. The fraction of sp³-hybridized carbons (Fsp3) is 0.233. The number of thiocarbonyl (C=S) groups is 1. The van der Waals surface area contributed by atoms with Crippen LogP contribution < -0.4 is 20.3 Å². The van der Waals surface area contributed by atoms with Crippen molar-refractivity contribution in [3.05, 3.63) is 101 Å². The van der Waals surface area contributed by atoms with E-state index in [0.29, 0.717) is 16.5 Å². The second kappa shape index (κ2) is 10.3. The van der Waals surface area contributed by atoms with Crippen LogP contribution in [0.25, 0.3) is 5.69 Å². The van der Waals surface area contributed by atoms with Gasteiger partial charge in [0.2, 0.25) is 5.91 Å². The van der Waals surface area contributed by atoms with Crippen LogP contribution in [0.5, 0.6) is 5.75 Å². The first kappa shape index (κ1) is 25.5. The van der Waals surface area contributed by atoms with Crippen LogP contribution in [0.3, 0.4) is 0 Å². The molecule has 1 aliphatic rings. The number of hydrogen-bond acceptors (Lipinski definition) is 4. The summed E-state index contributed by atoms with van der Waals surface area (Å²) in [5, 5.41) is 7.00. The van der Waals surface area contributed by atoms with Gasteiger partial charge in [0, 0.05) is 35.9 Å². The number of nitrogens with zero attached hydrogens (tertiary/aromatic N) is 3. The third-order valence-electron chi connectivity index (χ3n) is 6.92. The Balaban J connectivity index is 1.68. The fourth-order valence-electron chi connectivity index (χ4n) is 5.33. The highest BCUT2D eigenvalue weighted by atomic mass is 32.1. The first-order valence-corrected chi connectivity index (χ1v) is 12.9. The van der Waals surface area contributed by atoms with E-state index in [1.165, 1.54) is 12.5 Å². The zero-order chi connectivity index (χ0) is 27.0. The lowest BCUT2D eigenvalue weighted by Crippen LogP contribution is -2.29. The van der Waals surface area contributed by atoms with Crippen LogP contribution in [-0.4, -0.2) is 27.7 Å². The number of ether oxygens (including phenoxy) is 1. The molecule has 0 unspecified atom stereocenters. The number of rotatable bonds is 6. The van der Waals surface area contributed by atoms with Crippen LogP contribution in [0, 0.1) is 20.8 Å². The largest absolute Gasteiger partial charge is 0.495 e. The molecular formula is C30H31N5O2S. The first-order chi connectivity index (χ1) is 18.3. The van der Waals surface area contributed by atoms with E-state index in [4.69, 9.17) is 17.0 Å². The van der Waals surface area contributed by atoms with Crippen molar-refractivity contribution in [3.8, 4) is 11.4 Å². The highest BCUT2D eigenvalue weighted by Gasteiger charge is 2.42. The van der Waals surface area contributed by atoms with Crippen molar-refractivity contribution >= 4 is 34.6 Å². The summed E-state index contributed by atoms with van der Waals surface area (Å²) >= 11 is 5.92. The number of benzene rings is 2. The standard InChI is InChI=1S/C30H31N5O2S/c1-18-9-8-10-22(15-18)34-19(2)16-24(20(34)3)29-28(25-11-6-7-14-31-25)33-30(38)35(29)23-12-13-27(37-5)26(17-23)32-21(4)36/h6-17,28-29H,1-5H3,(H,32,36)(H,33,38)/t28-,29+/m0/s1. The predicted octanol–water partition coefficient (Wildman–Crippen LogP) is 5.94. The Morgan fingerprint density at radius 3 is 2.53 bits per heavy atom. The minimum absolute atomic E-state index is 0.174. The molecule has 5 rings (SSSR count). The molecule has 0 bridgehead atoms. The molecule has 0 aliphatic carbocycles. The van der Waals surface area contributed by atoms with Crippen molar-refractivity contribution in [2.24, 2.45) is 0 Å². The van der Waals surface area contributed by atoms with Gasteiger partial charge < -0.3 is 24.8 Å². The third-order valence-corrected chi connectivity index (χ3v) is 7.23. The summed E-state index contributed by atoms with van der Waals surface area (Å²) in [5.41, 5.74) is 8.07. The van der Waals surface area contributed by atoms with Gasteiger partial charge in [-0.1, -0.05) is 18.2 Å². The SMILES string of the molecule is COc1ccc(N2C(=S)N[C@@H](c3ccccn3)[C@H]2c2cc(C)n(-c3cccc(C)c3)c2C)cc1NC(C)=O. The summed E-state index contributed by atoms with van der Waals surface area (Å²) in [6.07, 6.45) is 1.80. The van der Waals surface area contributed by atoms with Crippen LogP contribution in [0.1, 0.15) is 47.2 Å². The smallest absolute Gasteiger partial charge is 0.221 e. The summed E-state index contributed by atoms with van der Waals surface area (Å²) in [5.74, 6) is 0.407. The average molecular weight is 526 g/mol. The molecule has 1 saturated heterocycles. The molecule has 38 heavy (non-hydrogen) atoms. The Morgan fingerprint density at radius 1 is 1.03 bits per heavy atom. The van der Waals surface area contributed by atoms with Gasteiger partial charge in [-0.05, 0) is 92.6 Å². The van der Waals surface area contributed by atoms with E-state index in [1.807, 2.05) is 36.4 Å². The molecule has 0 saturated carbocycles. The number of pyridine rings is 1. The molecule has 1 fully saturated rings. The second-order valence-electron chi connectivity index (χ2n) is 9.56. The summed E-state index contributed by atoms with van der Waals surface area (Å²) in [6.45, 7) is 7.86. The normalized spacial score (nSPS) is 16.9. The average Bonchev–Trinajstić information content (AvgIpc) is 3.39. The number of amides is 1. The molecule has 8 heteroatoms. The number of hydrogen-bond donors (Lipinski definition) is 2. The number of methoxy groups -OCH3 is 1. The Bertz CT molecular complexity index is 1510. The van der Waals surface area contributed by atoms with E-state index in [2.05, 4.69) is 76.2 Å². The van der Waals surface area contributed by atoms with E-state index in [1.54, 1.807) is 13.3 Å². The summed E-state index contributed by atoms with van der Waals surface area (Å²) in [6, 6.07) is 22.0. The molecule has 0 spiro atoms.